The second kappa shape index (κ2) is 16.7. The van der Waals surface area contributed by atoms with Gasteiger partial charge in [-0.05, 0) is 98.8 Å². The van der Waals surface area contributed by atoms with Gasteiger partial charge in [0.15, 0.2) is 0 Å². The van der Waals surface area contributed by atoms with E-state index >= 15 is 0 Å². The summed E-state index contributed by atoms with van der Waals surface area (Å²) in [7, 11) is -4.22. The predicted octanol–water partition coefficient (Wildman–Crippen LogP) is 6.82. The van der Waals surface area contributed by atoms with Crippen LogP contribution in [0.5, 0.6) is 5.75 Å². The molecule has 0 heterocycles. The molecule has 47 heavy (non-hydrogen) atoms. The number of sulfonamides is 1. The molecule has 0 aliphatic carbocycles. The van der Waals surface area contributed by atoms with Gasteiger partial charge in [0.2, 0.25) is 11.8 Å². The lowest BCUT2D eigenvalue weighted by molar-refractivity contribution is -0.140. The maximum Gasteiger partial charge on any atom is 0.264 e. The molecule has 0 radical (unpaired) electrons. The van der Waals surface area contributed by atoms with Crippen LogP contribution in [0.1, 0.15) is 31.9 Å². The van der Waals surface area contributed by atoms with Crippen LogP contribution in [0.4, 0.5) is 5.69 Å². The average molecular weight is 694 g/mol. The maximum absolute atomic E-state index is 14.6. The Labute approximate surface area is 287 Å². The Kier molecular flexibility index (Phi) is 12.8. The summed E-state index contributed by atoms with van der Waals surface area (Å²) in [6.45, 7) is 5.52. The number of halogens is 1. The molecule has 11 heteroatoms. The molecule has 1 N–H and O–H groups in total. The van der Waals surface area contributed by atoms with Gasteiger partial charge in [0, 0.05) is 28.9 Å². The first-order valence-electron chi connectivity index (χ1n) is 15.3. The van der Waals surface area contributed by atoms with E-state index in [1.807, 2.05) is 57.4 Å². The van der Waals surface area contributed by atoms with Gasteiger partial charge in [-0.25, -0.2) is 8.42 Å². The smallest absolute Gasteiger partial charge is 0.264 e. The summed E-state index contributed by atoms with van der Waals surface area (Å²) in [6.07, 6.45) is 2.13. The van der Waals surface area contributed by atoms with Crippen LogP contribution < -0.4 is 14.4 Å². The van der Waals surface area contributed by atoms with Crippen molar-refractivity contribution in [3.05, 3.63) is 119 Å². The fourth-order valence-corrected chi connectivity index (χ4v) is 6.95. The van der Waals surface area contributed by atoms with Crippen molar-refractivity contribution in [2.75, 3.05) is 23.7 Å². The summed E-state index contributed by atoms with van der Waals surface area (Å²) in [4.78, 5) is 30.8. The van der Waals surface area contributed by atoms with Gasteiger partial charge in [0.25, 0.3) is 10.0 Å². The van der Waals surface area contributed by atoms with Crippen LogP contribution in [0.2, 0.25) is 5.02 Å². The number of anilines is 1. The van der Waals surface area contributed by atoms with Gasteiger partial charge in [0.1, 0.15) is 18.3 Å². The first-order valence-corrected chi connectivity index (χ1v) is 18.3. The number of amides is 2. The van der Waals surface area contributed by atoms with E-state index in [4.69, 9.17) is 16.3 Å². The summed E-state index contributed by atoms with van der Waals surface area (Å²) < 4.78 is 35.2. The molecule has 2 amide bonds. The van der Waals surface area contributed by atoms with Gasteiger partial charge in [-0.15, -0.1) is 11.8 Å². The topological polar surface area (TPSA) is 96.0 Å². The lowest BCUT2D eigenvalue weighted by Gasteiger charge is -2.34. The molecular formula is C36H40ClN3O5S2. The van der Waals surface area contributed by atoms with Crippen LogP contribution in [0, 0.1) is 0 Å². The molecular weight excluding hydrogens is 654 g/mol. The summed E-state index contributed by atoms with van der Waals surface area (Å²) in [5.41, 5.74) is 1.88. The predicted molar refractivity (Wildman–Crippen MR) is 190 cm³/mol. The minimum absolute atomic E-state index is 0.0413. The van der Waals surface area contributed by atoms with Crippen LogP contribution in [-0.4, -0.2) is 56.6 Å². The highest BCUT2D eigenvalue weighted by Crippen LogP contribution is 2.28. The van der Waals surface area contributed by atoms with Crippen molar-refractivity contribution in [1.29, 1.82) is 0 Å². The standard InChI is InChI=1S/C36H40ClN3O5S2/c1-5-45-31-17-15-30(16-18-31)40(47(43,44)33-21-19-32(46-4)20-22-33)25-35(41)39(24-28-11-13-29(37)14-12-28)34(36(42)38-26(2)3)23-27-9-7-6-8-10-27/h6-22,26,34H,5,23-25H2,1-4H3,(H,38,42)/t34-/m1/s1. The highest BCUT2D eigenvalue weighted by molar-refractivity contribution is 7.98. The molecule has 0 spiro atoms. The Morgan fingerprint density at radius 3 is 2.09 bits per heavy atom. The molecule has 0 bridgehead atoms. The van der Waals surface area contributed by atoms with E-state index in [2.05, 4.69) is 5.32 Å². The molecule has 0 saturated heterocycles. The first-order chi connectivity index (χ1) is 22.5. The molecule has 0 unspecified atom stereocenters. The zero-order valence-corrected chi connectivity index (χ0v) is 29.3. The Morgan fingerprint density at radius 1 is 0.872 bits per heavy atom. The Bertz CT molecular complexity index is 1720. The van der Waals surface area contributed by atoms with Crippen LogP contribution in [0.25, 0.3) is 0 Å². The van der Waals surface area contributed by atoms with Crippen molar-refractivity contribution in [3.8, 4) is 5.75 Å². The fraction of sp³-hybridized carbons (Fsp3) is 0.278. The van der Waals surface area contributed by atoms with E-state index in [0.717, 1.165) is 20.3 Å². The summed E-state index contributed by atoms with van der Waals surface area (Å²) in [5, 5.41) is 3.49. The fourth-order valence-electron chi connectivity index (χ4n) is 5.00. The average Bonchev–Trinajstić information content (AvgIpc) is 3.06. The quantitative estimate of drug-likeness (QED) is 0.137. The third-order valence-corrected chi connectivity index (χ3v) is 10.1. The zero-order chi connectivity index (χ0) is 34.0. The van der Waals surface area contributed by atoms with Gasteiger partial charge in [-0.1, -0.05) is 54.1 Å². The molecule has 4 aromatic carbocycles. The van der Waals surface area contributed by atoms with E-state index < -0.39 is 28.5 Å². The minimum Gasteiger partial charge on any atom is -0.494 e. The van der Waals surface area contributed by atoms with Crippen LogP contribution in [-0.2, 0) is 32.6 Å². The number of nitrogens with one attached hydrogen (secondary N) is 1. The molecule has 248 valence electrons. The van der Waals surface area contributed by atoms with E-state index in [0.29, 0.717) is 17.4 Å². The third kappa shape index (κ3) is 9.76. The first kappa shape index (κ1) is 35.9. The SMILES string of the molecule is CCOc1ccc(N(CC(=O)N(Cc2ccc(Cl)cc2)[C@H](Cc2ccccc2)C(=O)NC(C)C)S(=O)(=O)c2ccc(SC)cc2)cc1. The highest BCUT2D eigenvalue weighted by Gasteiger charge is 2.35. The molecule has 0 saturated carbocycles. The largest absolute Gasteiger partial charge is 0.494 e. The zero-order valence-electron chi connectivity index (χ0n) is 26.9. The van der Waals surface area contributed by atoms with Crippen molar-refractivity contribution in [1.82, 2.24) is 10.2 Å². The summed E-state index contributed by atoms with van der Waals surface area (Å²) in [6, 6.07) is 28.4. The van der Waals surface area contributed by atoms with Gasteiger partial charge < -0.3 is 15.0 Å². The van der Waals surface area contributed by atoms with Crippen molar-refractivity contribution in [2.24, 2.45) is 0 Å². The van der Waals surface area contributed by atoms with Crippen LogP contribution in [0.3, 0.4) is 0 Å². The molecule has 1 atom stereocenters. The Morgan fingerprint density at radius 2 is 1.51 bits per heavy atom. The summed E-state index contributed by atoms with van der Waals surface area (Å²) in [5.74, 6) is -0.311. The molecule has 8 nitrogen and oxygen atoms in total. The number of ether oxygens (including phenoxy) is 1. The van der Waals surface area contributed by atoms with Gasteiger partial charge in [0.05, 0.1) is 17.2 Å². The lowest BCUT2D eigenvalue weighted by atomic mass is 10.0. The van der Waals surface area contributed by atoms with Crippen molar-refractivity contribution in [3.63, 3.8) is 0 Å². The number of hydrogen-bond acceptors (Lipinski definition) is 6. The van der Waals surface area contributed by atoms with Crippen molar-refractivity contribution < 1.29 is 22.7 Å². The molecule has 0 aliphatic heterocycles. The second-order valence-corrected chi connectivity index (χ2v) is 14.3. The Balaban J connectivity index is 1.80. The van der Waals surface area contributed by atoms with E-state index in [-0.39, 0.29) is 35.5 Å². The van der Waals surface area contributed by atoms with E-state index in [1.165, 1.54) is 28.8 Å². The molecule has 0 fully saturated rings. The minimum atomic E-state index is -4.22. The van der Waals surface area contributed by atoms with Crippen molar-refractivity contribution >= 4 is 50.9 Å². The lowest BCUT2D eigenvalue weighted by Crippen LogP contribution is -2.54. The normalized spacial score (nSPS) is 12.0. The van der Waals surface area contributed by atoms with Gasteiger partial charge >= 0.3 is 0 Å². The number of nitrogens with zero attached hydrogens (tertiary/aromatic N) is 2. The Hall–Kier alpha value is -3.99. The van der Waals surface area contributed by atoms with Crippen LogP contribution >= 0.6 is 23.4 Å². The van der Waals surface area contributed by atoms with E-state index in [1.54, 1.807) is 60.7 Å². The summed E-state index contributed by atoms with van der Waals surface area (Å²) >= 11 is 7.65. The number of carbonyl (C=O) groups excluding carboxylic acids is 2. The van der Waals surface area contributed by atoms with Gasteiger partial charge in [-0.2, -0.15) is 0 Å². The molecule has 4 rings (SSSR count). The van der Waals surface area contributed by atoms with E-state index in [9.17, 15) is 18.0 Å². The number of rotatable bonds is 15. The third-order valence-electron chi connectivity index (χ3n) is 7.33. The van der Waals surface area contributed by atoms with Crippen LogP contribution in [0.15, 0.2) is 113 Å². The molecule has 0 aliphatic rings. The number of hydrogen-bond donors (Lipinski definition) is 1. The number of carbonyl (C=O) groups is 2. The number of thioether (sulfide) groups is 1. The maximum atomic E-state index is 14.6. The molecule has 0 aromatic heterocycles. The molecule has 4 aromatic rings. The second-order valence-electron chi connectivity index (χ2n) is 11.1. The highest BCUT2D eigenvalue weighted by atomic mass is 35.5. The van der Waals surface area contributed by atoms with Gasteiger partial charge in [-0.3, -0.25) is 13.9 Å². The monoisotopic (exact) mass is 693 g/mol. The van der Waals surface area contributed by atoms with Crippen molar-refractivity contribution in [2.45, 2.75) is 55.6 Å². The number of benzene rings is 4.